The van der Waals surface area contributed by atoms with Gasteiger partial charge in [-0.1, -0.05) is 18.2 Å². The number of para-hydroxylation sites is 1. The molecule has 1 aromatic heterocycles. The molecule has 0 aliphatic rings. The summed E-state index contributed by atoms with van der Waals surface area (Å²) in [6, 6.07) is 5.82. The van der Waals surface area contributed by atoms with Crippen molar-refractivity contribution in [2.24, 2.45) is 7.05 Å². The molecule has 0 aliphatic carbocycles. The van der Waals surface area contributed by atoms with Crippen LogP contribution in [0.1, 0.15) is 23.6 Å². The Morgan fingerprint density at radius 3 is 2.61 bits per heavy atom. The van der Waals surface area contributed by atoms with Gasteiger partial charge in [0.2, 0.25) is 0 Å². The second-order valence-electron chi connectivity index (χ2n) is 5.96. The average Bonchev–Trinajstić information content (AvgIpc) is 2.92. The number of hydrogen-bond donors (Lipinski definition) is 2. The molecule has 0 radical (unpaired) electrons. The van der Waals surface area contributed by atoms with Crippen molar-refractivity contribution in [1.82, 2.24) is 15.1 Å². The van der Waals surface area contributed by atoms with Crippen molar-refractivity contribution in [3.05, 3.63) is 47.3 Å². The van der Waals surface area contributed by atoms with Crippen LogP contribution in [-0.4, -0.2) is 33.9 Å². The molecule has 0 saturated heterocycles. The molecule has 0 aliphatic heterocycles. The van der Waals surface area contributed by atoms with E-state index in [4.69, 9.17) is 4.74 Å². The predicted octanol–water partition coefficient (Wildman–Crippen LogP) is 1.44. The van der Waals surface area contributed by atoms with E-state index in [2.05, 4.69) is 10.4 Å². The average molecular weight is 317 g/mol. The fourth-order valence-corrected chi connectivity index (χ4v) is 2.29. The minimum absolute atomic E-state index is 0.0885. The Morgan fingerprint density at radius 2 is 2.04 bits per heavy atom. The maximum Gasteiger partial charge on any atom is 0.258 e. The van der Waals surface area contributed by atoms with Gasteiger partial charge in [0.1, 0.15) is 11.4 Å². The summed E-state index contributed by atoms with van der Waals surface area (Å²) in [5.74, 6) is 0.443. The Bertz CT molecular complexity index is 672. The van der Waals surface area contributed by atoms with Crippen LogP contribution in [0.5, 0.6) is 5.75 Å². The zero-order valence-corrected chi connectivity index (χ0v) is 14.0. The van der Waals surface area contributed by atoms with Crippen LogP contribution in [0.25, 0.3) is 0 Å². The minimum Gasteiger partial charge on any atom is -0.483 e. The number of carbonyl (C=O) groups excluding carboxylic acids is 1. The summed E-state index contributed by atoms with van der Waals surface area (Å²) >= 11 is 0. The quantitative estimate of drug-likeness (QED) is 0.845. The molecule has 1 heterocycles. The summed E-state index contributed by atoms with van der Waals surface area (Å²) in [6.45, 7) is 5.51. The number of aromatic nitrogens is 2. The molecular weight excluding hydrogens is 294 g/mol. The summed E-state index contributed by atoms with van der Waals surface area (Å²) in [7, 11) is 1.77. The highest BCUT2D eigenvalue weighted by Gasteiger charge is 2.25. The number of aliphatic hydroxyl groups is 1. The Labute approximate surface area is 136 Å². The van der Waals surface area contributed by atoms with Crippen LogP contribution in [-0.2, 0) is 17.4 Å². The lowest BCUT2D eigenvalue weighted by molar-refractivity contribution is -0.124. The van der Waals surface area contributed by atoms with Gasteiger partial charge >= 0.3 is 0 Å². The lowest BCUT2D eigenvalue weighted by atomic mass is 10.00. The van der Waals surface area contributed by atoms with Gasteiger partial charge in [0.15, 0.2) is 6.61 Å². The normalized spacial score (nSPS) is 13.4. The third kappa shape index (κ3) is 4.32. The van der Waals surface area contributed by atoms with Crippen molar-refractivity contribution in [2.45, 2.75) is 26.4 Å². The second kappa shape index (κ2) is 6.83. The summed E-state index contributed by atoms with van der Waals surface area (Å²) in [5, 5.41) is 17.1. The number of carbonyl (C=O) groups is 1. The predicted molar refractivity (Wildman–Crippen MR) is 87.2 cm³/mol. The summed E-state index contributed by atoms with van der Waals surface area (Å²) < 4.78 is 7.20. The SMILES string of the molecule is Cc1cccc(C)c1OCC(=O)NCC(C)(O)c1cnn(C)c1. The highest BCUT2D eigenvalue weighted by molar-refractivity contribution is 5.77. The molecule has 2 rings (SSSR count). The van der Waals surface area contributed by atoms with Crippen LogP contribution in [0.3, 0.4) is 0 Å². The van der Waals surface area contributed by atoms with E-state index in [-0.39, 0.29) is 19.1 Å². The largest absolute Gasteiger partial charge is 0.483 e. The molecule has 0 bridgehead atoms. The minimum atomic E-state index is -1.18. The van der Waals surface area contributed by atoms with E-state index in [0.717, 1.165) is 16.9 Å². The Kier molecular flexibility index (Phi) is 5.05. The summed E-state index contributed by atoms with van der Waals surface area (Å²) in [4.78, 5) is 12.0. The van der Waals surface area contributed by atoms with E-state index in [0.29, 0.717) is 5.56 Å². The van der Waals surface area contributed by atoms with E-state index >= 15 is 0 Å². The third-order valence-electron chi connectivity index (χ3n) is 3.71. The highest BCUT2D eigenvalue weighted by Crippen LogP contribution is 2.22. The van der Waals surface area contributed by atoms with Gasteiger partial charge in [-0.15, -0.1) is 0 Å². The van der Waals surface area contributed by atoms with Gasteiger partial charge in [-0.25, -0.2) is 0 Å². The molecule has 23 heavy (non-hydrogen) atoms. The van der Waals surface area contributed by atoms with Crippen molar-refractivity contribution < 1.29 is 14.6 Å². The maximum absolute atomic E-state index is 12.0. The highest BCUT2D eigenvalue weighted by atomic mass is 16.5. The molecule has 2 N–H and O–H groups in total. The fraction of sp³-hybridized carbons (Fsp3) is 0.412. The monoisotopic (exact) mass is 317 g/mol. The van der Waals surface area contributed by atoms with Gasteiger partial charge in [-0.2, -0.15) is 5.10 Å². The topological polar surface area (TPSA) is 76.4 Å². The van der Waals surface area contributed by atoms with Crippen molar-refractivity contribution in [3.8, 4) is 5.75 Å². The molecule has 124 valence electrons. The van der Waals surface area contributed by atoms with Crippen LogP contribution in [0.2, 0.25) is 0 Å². The molecule has 0 saturated carbocycles. The number of nitrogens with zero attached hydrogens (tertiary/aromatic N) is 2. The van der Waals surface area contributed by atoms with Crippen molar-refractivity contribution in [3.63, 3.8) is 0 Å². The van der Waals surface area contributed by atoms with Crippen LogP contribution < -0.4 is 10.1 Å². The first-order valence-electron chi connectivity index (χ1n) is 7.47. The summed E-state index contributed by atoms with van der Waals surface area (Å²) in [6.07, 6.45) is 3.30. The number of ether oxygens (including phenoxy) is 1. The standard InChI is InChI=1S/C17H23N3O3/c1-12-6-5-7-13(2)16(12)23-10-15(21)18-11-17(3,22)14-8-19-20(4)9-14/h5-9,22H,10-11H2,1-4H3,(H,18,21). The maximum atomic E-state index is 12.0. The van der Waals surface area contributed by atoms with Crippen LogP contribution in [0.4, 0.5) is 0 Å². The number of hydrogen-bond acceptors (Lipinski definition) is 4. The fourth-order valence-electron chi connectivity index (χ4n) is 2.29. The molecule has 1 unspecified atom stereocenters. The van der Waals surface area contributed by atoms with Crippen molar-refractivity contribution in [1.29, 1.82) is 0 Å². The lowest BCUT2D eigenvalue weighted by Crippen LogP contribution is -2.40. The van der Waals surface area contributed by atoms with Gasteiger partial charge in [0.05, 0.1) is 12.7 Å². The number of benzene rings is 1. The van der Waals surface area contributed by atoms with Crippen molar-refractivity contribution >= 4 is 5.91 Å². The smallest absolute Gasteiger partial charge is 0.258 e. The number of amides is 1. The molecular formula is C17H23N3O3. The van der Waals surface area contributed by atoms with Gasteiger partial charge in [0.25, 0.3) is 5.91 Å². The number of rotatable bonds is 6. The molecule has 0 spiro atoms. The lowest BCUT2D eigenvalue weighted by Gasteiger charge is -2.22. The molecule has 6 heteroatoms. The zero-order valence-electron chi connectivity index (χ0n) is 14.0. The van der Waals surface area contributed by atoms with Gasteiger partial charge in [-0.3, -0.25) is 9.48 Å². The molecule has 1 aromatic carbocycles. The zero-order chi connectivity index (χ0) is 17.0. The second-order valence-corrected chi connectivity index (χ2v) is 5.96. The first-order valence-corrected chi connectivity index (χ1v) is 7.47. The third-order valence-corrected chi connectivity index (χ3v) is 3.71. The Balaban J connectivity index is 1.88. The number of nitrogens with one attached hydrogen (secondary N) is 1. The first kappa shape index (κ1) is 17.0. The summed E-state index contributed by atoms with van der Waals surface area (Å²) in [5.41, 5.74) is 1.44. The Morgan fingerprint density at radius 1 is 1.39 bits per heavy atom. The first-order chi connectivity index (χ1) is 10.8. The van der Waals surface area contributed by atoms with Crippen molar-refractivity contribution in [2.75, 3.05) is 13.2 Å². The van der Waals surface area contributed by atoms with Crippen LogP contribution >= 0.6 is 0 Å². The van der Waals surface area contributed by atoms with Crippen LogP contribution in [0, 0.1) is 13.8 Å². The van der Waals surface area contributed by atoms with E-state index in [1.165, 1.54) is 0 Å². The van der Waals surface area contributed by atoms with Gasteiger partial charge in [0, 0.05) is 18.8 Å². The molecule has 2 aromatic rings. The molecule has 1 atom stereocenters. The van der Waals surface area contributed by atoms with E-state index in [1.807, 2.05) is 32.0 Å². The Hall–Kier alpha value is -2.34. The molecule has 1 amide bonds. The van der Waals surface area contributed by atoms with E-state index in [1.54, 1.807) is 31.0 Å². The number of aryl methyl sites for hydroxylation is 3. The van der Waals surface area contributed by atoms with Gasteiger partial charge in [-0.05, 0) is 31.9 Å². The van der Waals surface area contributed by atoms with E-state index in [9.17, 15) is 9.90 Å². The van der Waals surface area contributed by atoms with Crippen LogP contribution in [0.15, 0.2) is 30.6 Å². The molecule has 6 nitrogen and oxygen atoms in total. The molecule has 0 fully saturated rings. The van der Waals surface area contributed by atoms with E-state index < -0.39 is 5.60 Å². The van der Waals surface area contributed by atoms with Gasteiger partial charge < -0.3 is 15.2 Å².